The van der Waals surface area contributed by atoms with E-state index in [-0.39, 0.29) is 12.2 Å². The molecule has 0 aliphatic carbocycles. The summed E-state index contributed by atoms with van der Waals surface area (Å²) in [4.78, 5) is 21.8. The zero-order valence-corrected chi connectivity index (χ0v) is 8.90. The summed E-state index contributed by atoms with van der Waals surface area (Å²) in [5.74, 6) is -1.80. The molecule has 2 unspecified atom stereocenters. The summed E-state index contributed by atoms with van der Waals surface area (Å²) in [5, 5.41) is 17.8. The highest BCUT2D eigenvalue weighted by atomic mass is 16.5. The van der Waals surface area contributed by atoms with Gasteiger partial charge in [-0.2, -0.15) is 0 Å². The first-order valence-corrected chi connectivity index (χ1v) is 4.54. The quantitative estimate of drug-likeness (QED) is 0.469. The highest BCUT2D eigenvalue weighted by Crippen LogP contribution is 2.06. The summed E-state index contributed by atoms with van der Waals surface area (Å²) >= 11 is 0. The average molecular weight is 216 g/mol. The topological polar surface area (TPSA) is 83.8 Å². The fraction of sp³-hybridized carbons (Fsp3) is 0.600. The molecule has 0 saturated carbocycles. The van der Waals surface area contributed by atoms with E-state index in [1.54, 1.807) is 6.92 Å². The molecule has 2 atom stereocenters. The van der Waals surface area contributed by atoms with Crippen molar-refractivity contribution in [2.75, 3.05) is 13.2 Å². The SMILES string of the molecule is C=C(C)C(=O)OCC(C)C(O)C(=O)CO. The van der Waals surface area contributed by atoms with Gasteiger partial charge < -0.3 is 14.9 Å². The number of esters is 1. The fourth-order valence-electron chi connectivity index (χ4n) is 0.832. The largest absolute Gasteiger partial charge is 0.462 e. The second kappa shape index (κ2) is 6.31. The average Bonchev–Trinajstić information content (AvgIpc) is 2.22. The van der Waals surface area contributed by atoms with Crippen molar-refractivity contribution in [1.82, 2.24) is 0 Å². The zero-order chi connectivity index (χ0) is 12.0. The zero-order valence-electron chi connectivity index (χ0n) is 8.90. The van der Waals surface area contributed by atoms with Crippen LogP contribution in [0, 0.1) is 5.92 Å². The maximum absolute atomic E-state index is 11.0. The Labute approximate surface area is 88.4 Å². The summed E-state index contributed by atoms with van der Waals surface area (Å²) in [6, 6.07) is 0. The van der Waals surface area contributed by atoms with Gasteiger partial charge in [-0.05, 0) is 6.92 Å². The Morgan fingerprint density at radius 1 is 1.47 bits per heavy atom. The lowest BCUT2D eigenvalue weighted by atomic mass is 10.0. The van der Waals surface area contributed by atoms with E-state index in [0.29, 0.717) is 0 Å². The van der Waals surface area contributed by atoms with Gasteiger partial charge in [-0.15, -0.1) is 0 Å². The number of ketones is 1. The standard InChI is InChI=1S/C10H16O5/c1-6(2)10(14)15-5-7(3)9(13)8(12)4-11/h7,9,11,13H,1,4-5H2,2-3H3. The van der Waals surface area contributed by atoms with Crippen LogP contribution in [0.4, 0.5) is 0 Å². The van der Waals surface area contributed by atoms with E-state index < -0.39 is 30.4 Å². The third-order valence-corrected chi connectivity index (χ3v) is 1.85. The highest BCUT2D eigenvalue weighted by molar-refractivity contribution is 5.87. The van der Waals surface area contributed by atoms with E-state index >= 15 is 0 Å². The molecule has 0 radical (unpaired) electrons. The number of aliphatic hydroxyl groups excluding tert-OH is 2. The molecule has 0 spiro atoms. The van der Waals surface area contributed by atoms with E-state index in [4.69, 9.17) is 9.84 Å². The lowest BCUT2D eigenvalue weighted by molar-refractivity contribution is -0.144. The summed E-state index contributed by atoms with van der Waals surface area (Å²) in [6.07, 6.45) is -1.31. The van der Waals surface area contributed by atoms with E-state index in [2.05, 4.69) is 6.58 Å². The minimum atomic E-state index is -1.31. The monoisotopic (exact) mass is 216 g/mol. The molecule has 0 saturated heterocycles. The normalized spacial score (nSPS) is 14.1. The van der Waals surface area contributed by atoms with Crippen LogP contribution in [0.25, 0.3) is 0 Å². The Bertz CT molecular complexity index is 259. The first-order chi connectivity index (χ1) is 6.90. The second-order valence-electron chi connectivity index (χ2n) is 3.43. The number of rotatable bonds is 6. The predicted octanol–water partition coefficient (Wildman–Crippen LogP) is -0.336. The molecule has 2 N–H and O–H groups in total. The van der Waals surface area contributed by atoms with E-state index in [1.165, 1.54) is 6.92 Å². The van der Waals surface area contributed by atoms with Gasteiger partial charge in [0, 0.05) is 11.5 Å². The first kappa shape index (κ1) is 13.8. The molecule has 0 aromatic carbocycles. The Morgan fingerprint density at radius 2 is 2.00 bits per heavy atom. The Hall–Kier alpha value is -1.20. The molecule has 0 rings (SSSR count). The maximum Gasteiger partial charge on any atom is 0.333 e. The molecule has 0 aliphatic heterocycles. The highest BCUT2D eigenvalue weighted by Gasteiger charge is 2.22. The van der Waals surface area contributed by atoms with Crippen molar-refractivity contribution in [3.05, 3.63) is 12.2 Å². The molecule has 0 fully saturated rings. The minimum Gasteiger partial charge on any atom is -0.462 e. The van der Waals surface area contributed by atoms with Gasteiger partial charge in [0.2, 0.25) is 0 Å². The molecule has 5 heteroatoms. The van der Waals surface area contributed by atoms with E-state index in [1.807, 2.05) is 0 Å². The molecule has 0 aliphatic rings. The molecule has 0 aromatic heterocycles. The summed E-state index contributed by atoms with van der Waals surface area (Å²) in [5.41, 5.74) is 0.255. The van der Waals surface area contributed by atoms with Crippen LogP contribution in [0.3, 0.4) is 0 Å². The van der Waals surface area contributed by atoms with Gasteiger partial charge in [0.25, 0.3) is 0 Å². The minimum absolute atomic E-state index is 0.0847. The predicted molar refractivity (Wildman–Crippen MR) is 53.0 cm³/mol. The smallest absolute Gasteiger partial charge is 0.333 e. The Morgan fingerprint density at radius 3 is 2.40 bits per heavy atom. The molecule has 0 amide bonds. The van der Waals surface area contributed by atoms with E-state index in [0.717, 1.165) is 0 Å². The van der Waals surface area contributed by atoms with Gasteiger partial charge in [-0.1, -0.05) is 13.5 Å². The number of ether oxygens (including phenoxy) is 1. The van der Waals surface area contributed by atoms with Crippen molar-refractivity contribution < 1.29 is 24.5 Å². The first-order valence-electron chi connectivity index (χ1n) is 4.54. The molecule has 15 heavy (non-hydrogen) atoms. The third kappa shape index (κ3) is 4.71. The van der Waals surface area contributed by atoms with Gasteiger partial charge in [-0.3, -0.25) is 4.79 Å². The van der Waals surface area contributed by atoms with Crippen LogP contribution in [-0.2, 0) is 14.3 Å². The summed E-state index contributed by atoms with van der Waals surface area (Å²) in [6.45, 7) is 5.63. The van der Waals surface area contributed by atoms with Crippen LogP contribution in [-0.4, -0.2) is 41.3 Å². The van der Waals surface area contributed by atoms with Crippen molar-refractivity contribution in [2.24, 2.45) is 5.92 Å². The van der Waals surface area contributed by atoms with Crippen LogP contribution in [0.1, 0.15) is 13.8 Å². The fourth-order valence-corrected chi connectivity index (χ4v) is 0.832. The van der Waals surface area contributed by atoms with E-state index in [9.17, 15) is 14.7 Å². The van der Waals surface area contributed by atoms with Gasteiger partial charge in [-0.25, -0.2) is 4.79 Å². The van der Waals surface area contributed by atoms with Crippen molar-refractivity contribution in [3.8, 4) is 0 Å². The van der Waals surface area contributed by atoms with Crippen molar-refractivity contribution in [2.45, 2.75) is 20.0 Å². The third-order valence-electron chi connectivity index (χ3n) is 1.85. The molecular formula is C10H16O5. The van der Waals surface area contributed by atoms with Crippen LogP contribution in [0.2, 0.25) is 0 Å². The lowest BCUT2D eigenvalue weighted by Gasteiger charge is -2.16. The van der Waals surface area contributed by atoms with Gasteiger partial charge in [0.15, 0.2) is 5.78 Å². The molecular weight excluding hydrogens is 200 g/mol. The molecule has 86 valence electrons. The molecule has 0 heterocycles. The lowest BCUT2D eigenvalue weighted by Crippen LogP contribution is -2.33. The number of aliphatic hydroxyl groups is 2. The molecule has 0 bridgehead atoms. The number of hydrogen-bond acceptors (Lipinski definition) is 5. The molecule has 0 aromatic rings. The van der Waals surface area contributed by atoms with Crippen LogP contribution in [0.15, 0.2) is 12.2 Å². The van der Waals surface area contributed by atoms with Crippen LogP contribution in [0.5, 0.6) is 0 Å². The maximum atomic E-state index is 11.0. The number of hydrogen-bond donors (Lipinski definition) is 2. The van der Waals surface area contributed by atoms with Gasteiger partial charge >= 0.3 is 5.97 Å². The van der Waals surface area contributed by atoms with Crippen molar-refractivity contribution in [3.63, 3.8) is 0 Å². The van der Waals surface area contributed by atoms with Gasteiger partial charge in [0.05, 0.1) is 6.61 Å². The summed E-state index contributed by atoms with van der Waals surface area (Å²) in [7, 11) is 0. The Kier molecular flexibility index (Phi) is 5.81. The van der Waals surface area contributed by atoms with Gasteiger partial charge in [0.1, 0.15) is 12.7 Å². The van der Waals surface area contributed by atoms with Crippen molar-refractivity contribution >= 4 is 11.8 Å². The Balaban J connectivity index is 4.03. The van der Waals surface area contributed by atoms with Crippen LogP contribution >= 0.6 is 0 Å². The number of carbonyl (C=O) groups excluding carboxylic acids is 2. The summed E-state index contributed by atoms with van der Waals surface area (Å²) < 4.78 is 4.75. The van der Waals surface area contributed by atoms with Crippen LogP contribution < -0.4 is 0 Å². The second-order valence-corrected chi connectivity index (χ2v) is 3.43. The molecule has 5 nitrogen and oxygen atoms in total. The number of carbonyl (C=O) groups is 2. The number of Topliss-reactive ketones (excluding diaryl/α,β-unsaturated/α-hetero) is 1. The van der Waals surface area contributed by atoms with Crippen molar-refractivity contribution in [1.29, 1.82) is 0 Å².